The van der Waals surface area contributed by atoms with Gasteiger partial charge in [-0.2, -0.15) is 0 Å². The van der Waals surface area contributed by atoms with Gasteiger partial charge in [0.1, 0.15) is 24.2 Å². The average Bonchev–Trinajstić information content (AvgIpc) is 3.86. The normalized spacial score (nSPS) is 20.1. The van der Waals surface area contributed by atoms with Crippen molar-refractivity contribution in [2.45, 2.75) is 168 Å². The zero-order chi connectivity index (χ0) is 56.6. The van der Waals surface area contributed by atoms with Crippen LogP contribution in [0.1, 0.15) is 144 Å². The molecule has 1 aliphatic carbocycles. The quantitative estimate of drug-likeness (QED) is 0.0663. The third-order valence-corrected chi connectivity index (χ3v) is 16.0. The molecule has 0 spiro atoms. The molecule has 418 valence electrons. The van der Waals surface area contributed by atoms with Gasteiger partial charge in [-0.25, -0.2) is 0 Å². The summed E-state index contributed by atoms with van der Waals surface area (Å²) in [6.07, 6.45) is 3.58. The molecule has 2 heterocycles. The van der Waals surface area contributed by atoms with Crippen LogP contribution >= 0.6 is 0 Å². The monoisotopic (exact) mass is 1070 g/mol. The largest absolute Gasteiger partial charge is 0.347 e. The highest BCUT2D eigenvalue weighted by Gasteiger charge is 2.47. The molecule has 1 saturated heterocycles. The van der Waals surface area contributed by atoms with Crippen LogP contribution in [-0.4, -0.2) is 119 Å². The minimum absolute atomic E-state index is 0.0457. The Morgan fingerprint density at radius 1 is 0.654 bits per heavy atom. The molecule has 4 aromatic rings. The summed E-state index contributed by atoms with van der Waals surface area (Å²) in [6.45, 7) is 17.2. The first kappa shape index (κ1) is 58.8. The fourth-order valence-electron chi connectivity index (χ4n) is 11.1. The van der Waals surface area contributed by atoms with Crippen molar-refractivity contribution in [1.82, 2.24) is 46.6 Å². The summed E-state index contributed by atoms with van der Waals surface area (Å²) in [5, 5.41) is 18.2. The first-order chi connectivity index (χ1) is 37.0. The number of nitrogens with one attached hydrogen (secondary N) is 6. The number of aryl methyl sites for hydroxylation is 1. The van der Waals surface area contributed by atoms with E-state index in [-0.39, 0.29) is 74.1 Å². The third kappa shape index (κ3) is 13.7. The van der Waals surface area contributed by atoms with E-state index in [1.165, 1.54) is 10.5 Å². The summed E-state index contributed by atoms with van der Waals surface area (Å²) in [5.74, 6) is -2.37. The van der Waals surface area contributed by atoms with Gasteiger partial charge in [-0.05, 0) is 116 Å². The number of fused-ring (bicyclic) bond motifs is 2. The van der Waals surface area contributed by atoms with Gasteiger partial charge in [0, 0.05) is 37.7 Å². The maximum atomic E-state index is 15.6. The van der Waals surface area contributed by atoms with Crippen molar-refractivity contribution < 1.29 is 33.6 Å². The van der Waals surface area contributed by atoms with Crippen LogP contribution in [0.25, 0.3) is 0 Å². The molecule has 7 rings (SSSR count). The number of likely N-dealkylation sites (N-methyl/N-ethyl adjacent to an activating group) is 2. The van der Waals surface area contributed by atoms with Crippen molar-refractivity contribution in [3.8, 4) is 0 Å². The van der Waals surface area contributed by atoms with E-state index in [1.54, 1.807) is 45.0 Å². The number of nitrogens with zero attached hydrogens (tertiary/aromatic N) is 3. The van der Waals surface area contributed by atoms with Gasteiger partial charge in [0.05, 0.1) is 24.2 Å². The lowest BCUT2D eigenvalue weighted by Crippen LogP contribution is -2.62. The number of hydrogen-bond donors (Lipinski definition) is 6. The van der Waals surface area contributed by atoms with Crippen LogP contribution < -0.4 is 31.9 Å². The van der Waals surface area contributed by atoms with Crippen LogP contribution in [0.2, 0.25) is 0 Å². The molecule has 4 aromatic carbocycles. The van der Waals surface area contributed by atoms with E-state index in [2.05, 4.69) is 38.0 Å². The lowest BCUT2D eigenvalue weighted by Gasteiger charge is -2.44. The topological polar surface area (TPSA) is 201 Å². The van der Waals surface area contributed by atoms with Gasteiger partial charge in [0.25, 0.3) is 5.91 Å². The van der Waals surface area contributed by atoms with Crippen molar-refractivity contribution in [2.75, 3.05) is 20.6 Å². The minimum atomic E-state index is -0.966. The lowest BCUT2D eigenvalue weighted by atomic mass is 9.84. The second-order valence-corrected chi connectivity index (χ2v) is 23.7. The highest BCUT2D eigenvalue weighted by atomic mass is 16.2. The molecular formula is C62H83N9O7. The van der Waals surface area contributed by atoms with E-state index in [1.807, 2.05) is 138 Å². The summed E-state index contributed by atoms with van der Waals surface area (Å²) in [5.41, 5.74) is 4.77. The van der Waals surface area contributed by atoms with Crippen molar-refractivity contribution in [3.05, 3.63) is 142 Å². The summed E-state index contributed by atoms with van der Waals surface area (Å²) < 4.78 is 0. The predicted octanol–water partition coefficient (Wildman–Crippen LogP) is 6.29. The zero-order valence-electron chi connectivity index (χ0n) is 47.6. The molecule has 16 heteroatoms. The van der Waals surface area contributed by atoms with Gasteiger partial charge in [-0.1, -0.05) is 139 Å². The molecule has 0 bridgehead atoms. The molecule has 7 amide bonds. The number of likely N-dealkylation sites (tertiary alicyclic amines) is 1. The van der Waals surface area contributed by atoms with Crippen LogP contribution in [0, 0.1) is 10.8 Å². The SMILES string of the molecule is CC[C@H](c1ccccc1)N(Cc1ccc(C(=O)N[C@H]2C[C@@H](C(=O)N[C@@H]3CCCc4ccccc43)N(C(=O)C(NC(=O)C(C)NC)C(C)(C)C)C2)cc1)C(=O)C1Cc2ccccc2CN1C(=O)C(NC(=O)C(C)NC)C(C)(C)C. The second-order valence-electron chi connectivity index (χ2n) is 23.7. The molecule has 6 N–H and O–H groups in total. The van der Waals surface area contributed by atoms with Crippen molar-refractivity contribution in [3.63, 3.8) is 0 Å². The molecule has 0 aromatic heterocycles. The van der Waals surface area contributed by atoms with E-state index >= 15 is 9.59 Å². The fourth-order valence-corrected chi connectivity index (χ4v) is 11.1. The molecule has 5 unspecified atom stereocenters. The number of carbonyl (C=O) groups excluding carboxylic acids is 7. The Morgan fingerprint density at radius 2 is 1.21 bits per heavy atom. The average molecular weight is 1070 g/mol. The van der Waals surface area contributed by atoms with Gasteiger partial charge in [-0.15, -0.1) is 0 Å². The Labute approximate surface area is 461 Å². The first-order valence-corrected chi connectivity index (χ1v) is 27.8. The first-order valence-electron chi connectivity index (χ1n) is 27.8. The molecule has 2 aliphatic heterocycles. The Morgan fingerprint density at radius 3 is 1.78 bits per heavy atom. The standard InChI is InChI=1S/C62H83N9O7/c1-12-49(42-22-14-13-15-23-42)69(58(76)51-33-44-24-16-17-25-45(44)36-70(51)59(77)52(61(4,5)6)67-54(72)38(2)63-10)35-40-29-31-43(32-30-40)56(74)65-46-34-50(57(75)66-48-28-20-26-41-21-18-19-27-47(41)48)71(37-46)60(78)53(62(7,8)9)68-55(73)39(3)64-11/h13-19,21-25,27,29-32,38-39,46,48-53,63-64H,12,20,26,28,33-37H2,1-11H3,(H,65,74)(H,66,75)(H,67,72)(H,68,73)/t38?,39?,46-,48+,49+,50-,51?,52?,53?/m0/s1. The van der Waals surface area contributed by atoms with Crippen molar-refractivity contribution in [2.24, 2.45) is 10.8 Å². The predicted molar refractivity (Wildman–Crippen MR) is 302 cm³/mol. The summed E-state index contributed by atoms with van der Waals surface area (Å²) in [7, 11) is 3.36. The smallest absolute Gasteiger partial charge is 0.251 e. The third-order valence-electron chi connectivity index (χ3n) is 16.0. The molecule has 78 heavy (non-hydrogen) atoms. The summed E-state index contributed by atoms with van der Waals surface area (Å²) >= 11 is 0. The highest BCUT2D eigenvalue weighted by Crippen LogP contribution is 2.35. The van der Waals surface area contributed by atoms with E-state index in [0.717, 1.165) is 47.1 Å². The van der Waals surface area contributed by atoms with E-state index in [0.29, 0.717) is 12.0 Å². The highest BCUT2D eigenvalue weighted by molar-refractivity contribution is 5.97. The Bertz CT molecular complexity index is 2790. The molecule has 0 saturated carbocycles. The molecule has 16 nitrogen and oxygen atoms in total. The van der Waals surface area contributed by atoms with Crippen molar-refractivity contribution >= 4 is 41.4 Å². The number of amides is 7. The molecular weight excluding hydrogens is 983 g/mol. The van der Waals surface area contributed by atoms with E-state index in [4.69, 9.17) is 0 Å². The van der Waals surface area contributed by atoms with Crippen LogP contribution in [0.4, 0.5) is 0 Å². The van der Waals surface area contributed by atoms with Gasteiger partial charge in [-0.3, -0.25) is 33.6 Å². The molecule has 9 atom stereocenters. The van der Waals surface area contributed by atoms with Crippen LogP contribution in [0.5, 0.6) is 0 Å². The van der Waals surface area contributed by atoms with Crippen LogP contribution in [0.3, 0.4) is 0 Å². The lowest BCUT2D eigenvalue weighted by molar-refractivity contribution is -0.152. The van der Waals surface area contributed by atoms with Gasteiger partial charge in [0.2, 0.25) is 35.4 Å². The number of benzene rings is 4. The van der Waals surface area contributed by atoms with E-state index in [9.17, 15) is 24.0 Å². The maximum absolute atomic E-state index is 15.6. The molecule has 0 radical (unpaired) electrons. The minimum Gasteiger partial charge on any atom is -0.347 e. The Balaban J connectivity index is 1.15. The molecule has 3 aliphatic rings. The fraction of sp³-hybridized carbons (Fsp3) is 0.500. The molecule has 1 fully saturated rings. The Hall–Kier alpha value is -6.91. The van der Waals surface area contributed by atoms with Crippen LogP contribution in [-0.2, 0) is 54.7 Å². The second kappa shape index (κ2) is 25.3. The number of carbonyl (C=O) groups is 7. The Kier molecular flexibility index (Phi) is 19.0. The number of rotatable bonds is 18. The number of hydrogen-bond acceptors (Lipinski definition) is 9. The van der Waals surface area contributed by atoms with Crippen LogP contribution in [0.15, 0.2) is 103 Å². The summed E-state index contributed by atoms with van der Waals surface area (Å²) in [4.78, 5) is 106. The van der Waals surface area contributed by atoms with Crippen molar-refractivity contribution in [1.29, 1.82) is 0 Å². The zero-order valence-corrected chi connectivity index (χ0v) is 47.6. The maximum Gasteiger partial charge on any atom is 0.251 e. The van der Waals surface area contributed by atoms with Gasteiger partial charge < -0.3 is 46.6 Å². The van der Waals surface area contributed by atoms with Gasteiger partial charge in [0.15, 0.2) is 0 Å². The summed E-state index contributed by atoms with van der Waals surface area (Å²) in [6, 6.07) is 26.8. The van der Waals surface area contributed by atoms with Gasteiger partial charge >= 0.3 is 0 Å². The van der Waals surface area contributed by atoms with E-state index < -0.39 is 64.9 Å².